The highest BCUT2D eigenvalue weighted by atomic mass is 16.5. The van der Waals surface area contributed by atoms with E-state index in [0.29, 0.717) is 11.7 Å². The van der Waals surface area contributed by atoms with Crippen LogP contribution in [0.25, 0.3) is 0 Å². The van der Waals surface area contributed by atoms with Crippen molar-refractivity contribution in [1.29, 1.82) is 0 Å². The summed E-state index contributed by atoms with van der Waals surface area (Å²) in [6.45, 7) is 1.76. The topological polar surface area (TPSA) is 74.2 Å². The maximum absolute atomic E-state index is 6.12. The van der Waals surface area contributed by atoms with Crippen molar-refractivity contribution in [2.45, 2.75) is 25.3 Å². The lowest BCUT2D eigenvalue weighted by molar-refractivity contribution is 0.182. The molecular weight excluding hydrogens is 202 g/mol. The summed E-state index contributed by atoms with van der Waals surface area (Å²) in [6, 6.07) is 4.06. The molecule has 88 valence electrons. The third kappa shape index (κ3) is 3.18. The average Bonchev–Trinajstić information content (AvgIpc) is 2.70. The number of pyridine rings is 1. The Balaban J connectivity index is 1.84. The van der Waals surface area contributed by atoms with E-state index in [1.807, 2.05) is 12.1 Å². The molecule has 2 atom stereocenters. The van der Waals surface area contributed by atoms with Gasteiger partial charge >= 0.3 is 0 Å². The highest BCUT2D eigenvalue weighted by Gasteiger charge is 2.18. The van der Waals surface area contributed by atoms with E-state index in [-0.39, 0.29) is 6.04 Å². The second kappa shape index (κ2) is 5.27. The molecule has 0 bridgehead atoms. The lowest BCUT2D eigenvalue weighted by atomic mass is 9.95. The Morgan fingerprint density at radius 2 is 2.44 bits per heavy atom. The summed E-state index contributed by atoms with van der Waals surface area (Å²) in [4.78, 5) is 3.97. The van der Waals surface area contributed by atoms with Crippen molar-refractivity contribution < 1.29 is 4.74 Å². The van der Waals surface area contributed by atoms with Gasteiger partial charge in [0.2, 0.25) is 0 Å². The zero-order valence-electron chi connectivity index (χ0n) is 9.43. The van der Waals surface area contributed by atoms with Crippen LogP contribution in [0.5, 0.6) is 0 Å². The molecule has 2 rings (SSSR count). The molecule has 4 N–H and O–H groups in total. The molecule has 1 aliphatic rings. The summed E-state index contributed by atoms with van der Waals surface area (Å²) < 4.78 is 5.34. The first-order chi connectivity index (χ1) is 7.74. The molecule has 0 radical (unpaired) electrons. The van der Waals surface area contributed by atoms with Crippen LogP contribution < -0.4 is 11.5 Å². The lowest BCUT2D eigenvalue weighted by Crippen LogP contribution is -2.26. The van der Waals surface area contributed by atoms with E-state index in [1.165, 1.54) is 5.56 Å². The number of ether oxygens (including phenoxy) is 1. The normalized spacial score (nSPS) is 22.2. The van der Waals surface area contributed by atoms with Gasteiger partial charge in [-0.2, -0.15) is 0 Å². The van der Waals surface area contributed by atoms with Gasteiger partial charge in [-0.05, 0) is 42.9 Å². The Hall–Kier alpha value is -1.13. The summed E-state index contributed by atoms with van der Waals surface area (Å²) >= 11 is 0. The average molecular weight is 221 g/mol. The van der Waals surface area contributed by atoms with Crippen molar-refractivity contribution in [3.63, 3.8) is 0 Å². The summed E-state index contributed by atoms with van der Waals surface area (Å²) in [5.74, 6) is 1.20. The molecule has 0 aliphatic carbocycles. The molecule has 0 saturated carbocycles. The lowest BCUT2D eigenvalue weighted by Gasteiger charge is -2.15. The van der Waals surface area contributed by atoms with Crippen LogP contribution in [-0.2, 0) is 11.2 Å². The van der Waals surface area contributed by atoms with Crippen molar-refractivity contribution in [2.75, 3.05) is 18.9 Å². The molecule has 16 heavy (non-hydrogen) atoms. The second-order valence-electron chi connectivity index (χ2n) is 4.52. The Kier molecular flexibility index (Phi) is 3.74. The number of rotatable bonds is 4. The van der Waals surface area contributed by atoms with Gasteiger partial charge in [0.1, 0.15) is 5.82 Å². The monoisotopic (exact) mass is 221 g/mol. The third-order valence-corrected chi connectivity index (χ3v) is 3.00. The fourth-order valence-electron chi connectivity index (χ4n) is 2.20. The van der Waals surface area contributed by atoms with Crippen molar-refractivity contribution in [3.05, 3.63) is 23.9 Å². The molecule has 1 aromatic heterocycles. The summed E-state index contributed by atoms with van der Waals surface area (Å²) in [5, 5.41) is 0. The second-order valence-corrected chi connectivity index (χ2v) is 4.52. The summed E-state index contributed by atoms with van der Waals surface area (Å²) in [7, 11) is 0. The minimum absolute atomic E-state index is 0.188. The number of aromatic nitrogens is 1. The van der Waals surface area contributed by atoms with E-state index in [0.717, 1.165) is 32.5 Å². The van der Waals surface area contributed by atoms with Crippen LogP contribution in [0.2, 0.25) is 0 Å². The van der Waals surface area contributed by atoms with Crippen LogP contribution in [0.3, 0.4) is 0 Å². The van der Waals surface area contributed by atoms with E-state index in [2.05, 4.69) is 4.98 Å². The molecule has 0 amide bonds. The minimum Gasteiger partial charge on any atom is -0.384 e. The molecule has 2 unspecified atom stereocenters. The summed E-state index contributed by atoms with van der Waals surface area (Å²) in [6.07, 6.45) is 4.77. The van der Waals surface area contributed by atoms with Crippen LogP contribution in [-0.4, -0.2) is 24.2 Å². The van der Waals surface area contributed by atoms with Crippen LogP contribution in [0, 0.1) is 5.92 Å². The maximum atomic E-state index is 6.12. The van der Waals surface area contributed by atoms with Gasteiger partial charge in [0, 0.05) is 25.5 Å². The van der Waals surface area contributed by atoms with Crippen molar-refractivity contribution in [1.82, 2.24) is 4.98 Å². The van der Waals surface area contributed by atoms with Gasteiger partial charge < -0.3 is 16.2 Å². The Bertz CT molecular complexity index is 337. The van der Waals surface area contributed by atoms with Gasteiger partial charge in [0.15, 0.2) is 0 Å². The minimum atomic E-state index is 0.188. The first-order valence-corrected chi connectivity index (χ1v) is 5.78. The van der Waals surface area contributed by atoms with Crippen molar-refractivity contribution in [3.8, 4) is 0 Å². The Morgan fingerprint density at radius 1 is 1.56 bits per heavy atom. The Morgan fingerprint density at radius 3 is 3.12 bits per heavy atom. The fourth-order valence-corrected chi connectivity index (χ4v) is 2.20. The largest absolute Gasteiger partial charge is 0.384 e. The van der Waals surface area contributed by atoms with Crippen LogP contribution in [0.1, 0.15) is 18.4 Å². The number of hydrogen-bond donors (Lipinski definition) is 2. The van der Waals surface area contributed by atoms with Crippen LogP contribution >= 0.6 is 0 Å². The smallest absolute Gasteiger partial charge is 0.123 e. The molecule has 0 aromatic carbocycles. The third-order valence-electron chi connectivity index (χ3n) is 3.00. The van der Waals surface area contributed by atoms with Gasteiger partial charge in [-0.25, -0.2) is 4.98 Å². The zero-order chi connectivity index (χ0) is 11.4. The predicted octanol–water partition coefficient (Wildman–Crippen LogP) is 0.960. The van der Waals surface area contributed by atoms with Gasteiger partial charge in [-0.3, -0.25) is 0 Å². The number of nitrogens with zero attached hydrogens (tertiary/aromatic N) is 1. The first kappa shape index (κ1) is 11.4. The number of nitrogens with two attached hydrogens (primary N) is 2. The highest BCUT2D eigenvalue weighted by Crippen LogP contribution is 2.19. The molecule has 2 heterocycles. The molecule has 1 aliphatic heterocycles. The molecule has 4 heteroatoms. The fraction of sp³-hybridized carbons (Fsp3) is 0.583. The first-order valence-electron chi connectivity index (χ1n) is 5.78. The van der Waals surface area contributed by atoms with Crippen LogP contribution in [0.15, 0.2) is 18.3 Å². The number of anilines is 1. The maximum Gasteiger partial charge on any atom is 0.123 e. The van der Waals surface area contributed by atoms with Crippen LogP contribution in [0.4, 0.5) is 5.82 Å². The SMILES string of the molecule is Nc1cc(CC(N)CC2CCOC2)ccn1. The molecule has 1 aromatic rings. The molecule has 1 saturated heterocycles. The van der Waals surface area contributed by atoms with E-state index < -0.39 is 0 Å². The summed E-state index contributed by atoms with van der Waals surface area (Å²) in [5.41, 5.74) is 12.9. The van der Waals surface area contributed by atoms with Crippen molar-refractivity contribution in [2.24, 2.45) is 11.7 Å². The number of nitrogen functional groups attached to an aromatic ring is 1. The van der Waals surface area contributed by atoms with E-state index in [1.54, 1.807) is 6.20 Å². The molecule has 4 nitrogen and oxygen atoms in total. The Labute approximate surface area is 96.0 Å². The standard InChI is InChI=1S/C12H19N3O/c13-11(6-10-2-4-16-8-10)5-9-1-3-15-12(14)7-9/h1,3,7,10-11H,2,4-6,8,13H2,(H2,14,15). The van der Waals surface area contributed by atoms with Crippen molar-refractivity contribution >= 4 is 5.82 Å². The van der Waals surface area contributed by atoms with Gasteiger partial charge in [-0.15, -0.1) is 0 Å². The van der Waals surface area contributed by atoms with Gasteiger partial charge in [0.25, 0.3) is 0 Å². The zero-order valence-corrected chi connectivity index (χ0v) is 9.43. The molecule has 1 fully saturated rings. The molecule has 0 spiro atoms. The number of hydrogen-bond acceptors (Lipinski definition) is 4. The van der Waals surface area contributed by atoms with Gasteiger partial charge in [-0.1, -0.05) is 0 Å². The van der Waals surface area contributed by atoms with E-state index in [9.17, 15) is 0 Å². The van der Waals surface area contributed by atoms with Gasteiger partial charge in [0.05, 0.1) is 0 Å². The highest BCUT2D eigenvalue weighted by molar-refractivity contribution is 5.32. The van der Waals surface area contributed by atoms with E-state index >= 15 is 0 Å². The molecular formula is C12H19N3O. The quantitative estimate of drug-likeness (QED) is 0.794. The predicted molar refractivity (Wildman–Crippen MR) is 63.9 cm³/mol. The van der Waals surface area contributed by atoms with E-state index in [4.69, 9.17) is 16.2 Å².